The first-order valence-electron chi connectivity index (χ1n) is 17.0. The Kier molecular flexibility index (Phi) is 7.06. The molecule has 0 radical (unpaired) electrons. The smallest absolute Gasteiger partial charge is 0.246 e. The van der Waals surface area contributed by atoms with Crippen LogP contribution in [0.3, 0.4) is 0 Å². The maximum Gasteiger partial charge on any atom is 0.246 e. The van der Waals surface area contributed by atoms with Crippen molar-refractivity contribution in [3.63, 3.8) is 0 Å². The fraction of sp³-hybridized carbons (Fsp3) is 0. The number of para-hydroxylation sites is 3. The van der Waals surface area contributed by atoms with Gasteiger partial charge in [0.25, 0.3) is 0 Å². The minimum atomic E-state index is 0.117. The summed E-state index contributed by atoms with van der Waals surface area (Å²) in [6, 6.07) is 60.5. The summed E-state index contributed by atoms with van der Waals surface area (Å²) in [7, 11) is 0. The van der Waals surface area contributed by atoms with Crippen LogP contribution in [-0.2, 0) is 0 Å². The van der Waals surface area contributed by atoms with Gasteiger partial charge in [0.2, 0.25) is 13.4 Å². The van der Waals surface area contributed by atoms with Gasteiger partial charge in [-0.25, -0.2) is 0 Å². The Hall–Kier alpha value is -6.05. The molecule has 1 nitrogen and oxygen atoms in total. The van der Waals surface area contributed by atoms with Gasteiger partial charge < -0.3 is 4.90 Å². The molecule has 3 heteroatoms. The molecule has 2 heterocycles. The molecule has 228 valence electrons. The van der Waals surface area contributed by atoms with Crippen LogP contribution in [0.1, 0.15) is 11.1 Å². The second-order valence-corrected chi connectivity index (χ2v) is 13.0. The van der Waals surface area contributed by atoms with Crippen LogP contribution in [0.15, 0.2) is 177 Å². The summed E-state index contributed by atoms with van der Waals surface area (Å²) < 4.78 is 0. The van der Waals surface area contributed by atoms with Gasteiger partial charge in [0, 0.05) is 17.1 Å². The molecule has 0 saturated heterocycles. The van der Waals surface area contributed by atoms with Gasteiger partial charge in [-0.15, -0.1) is 0 Å². The first-order valence-corrected chi connectivity index (χ1v) is 17.0. The van der Waals surface area contributed by atoms with Crippen molar-refractivity contribution in [3.8, 4) is 22.3 Å². The normalized spacial score (nSPS) is 12.5. The summed E-state index contributed by atoms with van der Waals surface area (Å²) in [5, 5.41) is 0. The van der Waals surface area contributed by atoms with E-state index in [1.165, 1.54) is 72.1 Å². The molecule has 49 heavy (non-hydrogen) atoms. The zero-order valence-electron chi connectivity index (χ0n) is 27.3. The Balaban J connectivity index is 1.17. The molecule has 0 unspecified atom stereocenters. The molecule has 2 aliphatic heterocycles. The van der Waals surface area contributed by atoms with Gasteiger partial charge in [0.1, 0.15) is 0 Å². The average Bonchev–Trinajstić information content (AvgIpc) is 3.18. The van der Waals surface area contributed by atoms with Gasteiger partial charge in [-0.1, -0.05) is 188 Å². The SMILES string of the molecule is C=Cc1ccc(-c2ccc(B3c4ccccc4N4c5ccccc5B(c5ccc(-c6ccc(C=C)cc6)cc5)c5cccc3c54)cc2)cc1. The Morgan fingerprint density at radius 2 is 0.714 bits per heavy atom. The quantitative estimate of drug-likeness (QED) is 0.175. The number of anilines is 3. The first-order chi connectivity index (χ1) is 24.2. The summed E-state index contributed by atoms with van der Waals surface area (Å²) in [4.78, 5) is 2.52. The lowest BCUT2D eigenvalue weighted by Gasteiger charge is -2.43. The molecular weight excluding hydrogens is 588 g/mol. The Morgan fingerprint density at radius 3 is 1.10 bits per heavy atom. The van der Waals surface area contributed by atoms with Gasteiger partial charge in [0.15, 0.2) is 0 Å². The molecule has 0 fully saturated rings. The van der Waals surface area contributed by atoms with Crippen LogP contribution in [0.5, 0.6) is 0 Å². The van der Waals surface area contributed by atoms with E-state index in [4.69, 9.17) is 0 Å². The monoisotopic (exact) mass is 621 g/mol. The highest BCUT2D eigenvalue weighted by atomic mass is 15.2. The summed E-state index contributed by atoms with van der Waals surface area (Å²) >= 11 is 0. The summed E-state index contributed by atoms with van der Waals surface area (Å²) in [5.41, 5.74) is 18.9. The first kappa shape index (κ1) is 29.1. The Labute approximate surface area is 289 Å². The summed E-state index contributed by atoms with van der Waals surface area (Å²) in [6.45, 7) is 8.04. The topological polar surface area (TPSA) is 3.24 Å². The van der Waals surface area contributed by atoms with E-state index < -0.39 is 0 Å². The van der Waals surface area contributed by atoms with E-state index in [1.807, 2.05) is 12.2 Å². The van der Waals surface area contributed by atoms with Crippen LogP contribution in [-0.4, -0.2) is 13.4 Å². The van der Waals surface area contributed by atoms with Gasteiger partial charge in [0.05, 0.1) is 0 Å². The molecule has 2 aliphatic rings. The molecule has 0 N–H and O–H groups in total. The van der Waals surface area contributed by atoms with Crippen molar-refractivity contribution in [3.05, 3.63) is 188 Å². The Morgan fingerprint density at radius 1 is 0.367 bits per heavy atom. The average molecular weight is 621 g/mol. The minimum absolute atomic E-state index is 0.117. The molecule has 0 spiro atoms. The van der Waals surface area contributed by atoms with Crippen molar-refractivity contribution in [2.75, 3.05) is 4.90 Å². The highest BCUT2D eigenvalue weighted by Crippen LogP contribution is 2.37. The second kappa shape index (κ2) is 11.9. The molecule has 0 aromatic heterocycles. The van der Waals surface area contributed by atoms with E-state index in [9.17, 15) is 0 Å². The van der Waals surface area contributed by atoms with Crippen LogP contribution in [0.25, 0.3) is 34.4 Å². The van der Waals surface area contributed by atoms with E-state index in [-0.39, 0.29) is 13.4 Å². The fourth-order valence-corrected chi connectivity index (χ4v) is 7.96. The maximum atomic E-state index is 3.90. The van der Waals surface area contributed by atoms with Crippen LogP contribution >= 0.6 is 0 Å². The van der Waals surface area contributed by atoms with Crippen LogP contribution in [0.2, 0.25) is 0 Å². The minimum Gasteiger partial charge on any atom is -0.313 e. The largest absolute Gasteiger partial charge is 0.313 e. The number of nitrogens with zero attached hydrogens (tertiary/aromatic N) is 1. The third-order valence-corrected chi connectivity index (χ3v) is 10.4. The van der Waals surface area contributed by atoms with Crippen molar-refractivity contribution in [1.82, 2.24) is 0 Å². The van der Waals surface area contributed by atoms with Crippen LogP contribution in [0, 0.1) is 0 Å². The molecule has 7 aromatic rings. The molecule has 0 atom stereocenters. The van der Waals surface area contributed by atoms with Crippen molar-refractivity contribution in [1.29, 1.82) is 0 Å². The zero-order chi connectivity index (χ0) is 32.9. The van der Waals surface area contributed by atoms with E-state index in [0.29, 0.717) is 0 Å². The van der Waals surface area contributed by atoms with Crippen LogP contribution < -0.4 is 37.7 Å². The second-order valence-electron chi connectivity index (χ2n) is 13.0. The molecule has 0 saturated carbocycles. The predicted octanol–water partition coefficient (Wildman–Crippen LogP) is 7.44. The maximum absolute atomic E-state index is 3.90. The lowest BCUT2D eigenvalue weighted by Crippen LogP contribution is -2.64. The highest BCUT2D eigenvalue weighted by Gasteiger charge is 2.42. The summed E-state index contributed by atoms with van der Waals surface area (Å²) in [5.74, 6) is 0. The predicted molar refractivity (Wildman–Crippen MR) is 214 cm³/mol. The van der Waals surface area contributed by atoms with E-state index in [1.54, 1.807) is 0 Å². The fourth-order valence-electron chi connectivity index (χ4n) is 7.96. The van der Waals surface area contributed by atoms with Crippen molar-refractivity contribution >= 4 is 75.4 Å². The molecule has 0 amide bonds. The lowest BCUT2D eigenvalue weighted by atomic mass is 9.30. The van der Waals surface area contributed by atoms with Gasteiger partial charge in [-0.05, 0) is 67.4 Å². The third-order valence-electron chi connectivity index (χ3n) is 10.4. The van der Waals surface area contributed by atoms with Crippen molar-refractivity contribution in [2.24, 2.45) is 0 Å². The highest BCUT2D eigenvalue weighted by molar-refractivity contribution is 7.02. The molecule has 0 aliphatic carbocycles. The van der Waals surface area contributed by atoms with E-state index in [0.717, 1.165) is 11.1 Å². The summed E-state index contributed by atoms with van der Waals surface area (Å²) in [6.07, 6.45) is 3.78. The lowest BCUT2D eigenvalue weighted by molar-refractivity contribution is 1.30. The van der Waals surface area contributed by atoms with Crippen molar-refractivity contribution < 1.29 is 0 Å². The Bertz CT molecular complexity index is 2190. The van der Waals surface area contributed by atoms with Crippen molar-refractivity contribution in [2.45, 2.75) is 0 Å². The molecule has 0 bridgehead atoms. The van der Waals surface area contributed by atoms with Gasteiger partial charge in [-0.2, -0.15) is 0 Å². The molecule has 9 rings (SSSR count). The number of fused-ring (bicyclic) bond motifs is 4. The standard InChI is InChI=1S/C46H33B2N/c1-3-32-16-20-34(21-17-32)36-24-28-38(29-25-36)47-40-10-5-7-14-44(40)49-45-15-8-6-11-41(45)48(43-13-9-12-42(47)46(43)49)39-30-26-37(27-31-39)35-22-18-33(4-2)19-23-35/h3-31H,1-2H2. The number of hydrogen-bond acceptors (Lipinski definition) is 1. The molecular formula is C46H33B2N. The third kappa shape index (κ3) is 4.81. The van der Waals surface area contributed by atoms with Gasteiger partial charge in [-0.3, -0.25) is 0 Å². The van der Waals surface area contributed by atoms with Gasteiger partial charge >= 0.3 is 0 Å². The number of hydrogen-bond donors (Lipinski definition) is 0. The number of rotatable bonds is 6. The van der Waals surface area contributed by atoms with E-state index >= 15 is 0 Å². The van der Waals surface area contributed by atoms with E-state index in [2.05, 4.69) is 182 Å². The number of benzene rings is 7. The molecule has 7 aromatic carbocycles. The van der Waals surface area contributed by atoms with Crippen LogP contribution in [0.4, 0.5) is 17.1 Å². The zero-order valence-corrected chi connectivity index (χ0v) is 27.3.